The Bertz CT molecular complexity index is 1040. The third kappa shape index (κ3) is 2.34. The van der Waals surface area contributed by atoms with Gasteiger partial charge in [-0.25, -0.2) is 9.97 Å². The van der Waals surface area contributed by atoms with E-state index in [1.54, 1.807) is 6.07 Å². The van der Waals surface area contributed by atoms with Crippen LogP contribution < -0.4 is 10.5 Å². The highest BCUT2D eigenvalue weighted by Crippen LogP contribution is 2.34. The van der Waals surface area contributed by atoms with Crippen molar-refractivity contribution in [3.05, 3.63) is 51.9 Å². The van der Waals surface area contributed by atoms with Gasteiger partial charge in [0.1, 0.15) is 0 Å². The largest absolute Gasteiger partial charge is 0.338 e. The smallest absolute Gasteiger partial charge is 0.248 e. The van der Waals surface area contributed by atoms with E-state index in [9.17, 15) is 4.79 Å². The lowest BCUT2D eigenvalue weighted by atomic mass is 10.0. The van der Waals surface area contributed by atoms with Crippen LogP contribution in [0.4, 0.5) is 5.95 Å². The Hall–Kier alpha value is -2.69. The summed E-state index contributed by atoms with van der Waals surface area (Å²) in [6.07, 6.45) is 4.40. The average molecular weight is 332 g/mol. The summed E-state index contributed by atoms with van der Waals surface area (Å²) in [7, 11) is 0. The van der Waals surface area contributed by atoms with Gasteiger partial charge in [-0.05, 0) is 50.1 Å². The zero-order valence-corrected chi connectivity index (χ0v) is 14.2. The number of nitrogens with one attached hydrogen (secondary N) is 1. The number of aromatic nitrogens is 3. The summed E-state index contributed by atoms with van der Waals surface area (Å²) in [6.45, 7) is 3.25. The first-order chi connectivity index (χ1) is 12.2. The van der Waals surface area contributed by atoms with Crippen LogP contribution in [0.5, 0.6) is 0 Å². The van der Waals surface area contributed by atoms with Crippen LogP contribution in [0.2, 0.25) is 0 Å². The highest BCUT2D eigenvalue weighted by atomic mass is 16.1. The predicted octanol–water partition coefficient (Wildman–Crippen LogP) is 3.07. The summed E-state index contributed by atoms with van der Waals surface area (Å²) in [4.78, 5) is 26.6. The van der Waals surface area contributed by atoms with Gasteiger partial charge in [-0.3, -0.25) is 4.79 Å². The molecule has 1 aromatic carbocycles. The molecule has 1 fully saturated rings. The molecule has 0 spiro atoms. The number of nitrogens with zero attached hydrogens (tertiary/aromatic N) is 3. The van der Waals surface area contributed by atoms with Gasteiger partial charge in [0.05, 0.1) is 5.69 Å². The van der Waals surface area contributed by atoms with Gasteiger partial charge < -0.3 is 9.88 Å². The lowest BCUT2D eigenvalue weighted by molar-refractivity contribution is 0.470. The molecule has 5 rings (SSSR count). The highest BCUT2D eigenvalue weighted by molar-refractivity contribution is 5.84. The molecule has 1 saturated heterocycles. The van der Waals surface area contributed by atoms with E-state index in [2.05, 4.69) is 28.9 Å². The maximum Gasteiger partial charge on any atom is 0.248 e. The molecular weight excluding hydrogens is 312 g/mol. The minimum Gasteiger partial charge on any atom is -0.338 e. The standard InChI is InChI=1S/C20H20N4O/c1-12-9-10-24(12)20-22-16-4-2-3-15(16)19(23-20)14-6-5-13-7-8-18(25)21-17(13)11-14/h5-8,11-12H,2-4,9-10H2,1H3,(H,21,25)/t12-/m0/s1. The lowest BCUT2D eigenvalue weighted by Gasteiger charge is -2.39. The molecule has 0 bridgehead atoms. The van der Waals surface area contributed by atoms with Crippen molar-refractivity contribution in [2.24, 2.45) is 0 Å². The van der Waals surface area contributed by atoms with E-state index >= 15 is 0 Å². The molecule has 0 amide bonds. The molecule has 126 valence electrons. The number of fused-ring (bicyclic) bond motifs is 2. The van der Waals surface area contributed by atoms with Crippen LogP contribution in [-0.4, -0.2) is 27.5 Å². The molecule has 3 heterocycles. The predicted molar refractivity (Wildman–Crippen MR) is 99.0 cm³/mol. The summed E-state index contributed by atoms with van der Waals surface area (Å²) in [6, 6.07) is 10.1. The van der Waals surface area contributed by atoms with Crippen molar-refractivity contribution in [1.82, 2.24) is 15.0 Å². The van der Waals surface area contributed by atoms with Crippen molar-refractivity contribution in [1.29, 1.82) is 0 Å². The molecule has 3 aromatic rings. The van der Waals surface area contributed by atoms with Crippen LogP contribution >= 0.6 is 0 Å². The molecule has 1 atom stereocenters. The number of pyridine rings is 1. The maximum atomic E-state index is 11.7. The van der Waals surface area contributed by atoms with Gasteiger partial charge >= 0.3 is 0 Å². The highest BCUT2D eigenvalue weighted by Gasteiger charge is 2.29. The van der Waals surface area contributed by atoms with E-state index in [0.717, 1.165) is 53.9 Å². The van der Waals surface area contributed by atoms with Crippen molar-refractivity contribution in [2.45, 2.75) is 38.6 Å². The number of aromatic amines is 1. The second kappa shape index (κ2) is 5.41. The number of H-pyrrole nitrogens is 1. The second-order valence-electron chi connectivity index (χ2n) is 7.11. The number of rotatable bonds is 2. The molecule has 1 N–H and O–H groups in total. The van der Waals surface area contributed by atoms with Crippen molar-refractivity contribution in [3.63, 3.8) is 0 Å². The van der Waals surface area contributed by atoms with Gasteiger partial charge in [0.25, 0.3) is 0 Å². The molecule has 1 aliphatic heterocycles. The molecule has 2 aliphatic rings. The summed E-state index contributed by atoms with van der Waals surface area (Å²) in [5, 5.41) is 1.03. The van der Waals surface area contributed by atoms with Crippen molar-refractivity contribution in [3.8, 4) is 11.3 Å². The zero-order valence-electron chi connectivity index (χ0n) is 14.2. The van der Waals surface area contributed by atoms with Crippen LogP contribution in [0.3, 0.4) is 0 Å². The molecule has 0 unspecified atom stereocenters. The van der Waals surface area contributed by atoms with Crippen LogP contribution in [0, 0.1) is 0 Å². The van der Waals surface area contributed by atoms with Crippen LogP contribution in [0.15, 0.2) is 35.1 Å². The molecule has 1 aliphatic carbocycles. The molecule has 0 saturated carbocycles. The summed E-state index contributed by atoms with van der Waals surface area (Å²) in [5.74, 6) is 0.857. The second-order valence-corrected chi connectivity index (χ2v) is 7.11. The topological polar surface area (TPSA) is 61.9 Å². The lowest BCUT2D eigenvalue weighted by Crippen LogP contribution is -2.46. The number of anilines is 1. The molecule has 2 aromatic heterocycles. The molecular formula is C20H20N4O. The van der Waals surface area contributed by atoms with Crippen molar-refractivity contribution < 1.29 is 0 Å². The van der Waals surface area contributed by atoms with Gasteiger partial charge in [0.15, 0.2) is 0 Å². The first kappa shape index (κ1) is 14.6. The SMILES string of the molecule is C[C@H]1CCN1c1nc2c(c(-c3ccc4ccc(=O)[nH]c4c3)n1)CCC2. The van der Waals surface area contributed by atoms with E-state index in [0.29, 0.717) is 6.04 Å². The Morgan fingerprint density at radius 3 is 2.84 bits per heavy atom. The van der Waals surface area contributed by atoms with E-state index < -0.39 is 0 Å². The fourth-order valence-electron chi connectivity index (χ4n) is 3.90. The minimum absolute atomic E-state index is 0.0762. The zero-order chi connectivity index (χ0) is 17.0. The quantitative estimate of drug-likeness (QED) is 0.783. The number of aryl methyl sites for hydroxylation is 1. The number of hydrogen-bond donors (Lipinski definition) is 1. The first-order valence-electron chi connectivity index (χ1n) is 8.99. The van der Waals surface area contributed by atoms with Gasteiger partial charge in [0.2, 0.25) is 11.5 Å². The Kier molecular flexibility index (Phi) is 3.17. The third-order valence-electron chi connectivity index (χ3n) is 5.50. The molecule has 0 radical (unpaired) electrons. The summed E-state index contributed by atoms with van der Waals surface area (Å²) >= 11 is 0. The van der Waals surface area contributed by atoms with Crippen LogP contribution in [-0.2, 0) is 12.8 Å². The van der Waals surface area contributed by atoms with E-state index in [1.165, 1.54) is 17.7 Å². The Balaban J connectivity index is 1.69. The summed E-state index contributed by atoms with van der Waals surface area (Å²) < 4.78 is 0. The van der Waals surface area contributed by atoms with Crippen LogP contribution in [0.1, 0.15) is 31.0 Å². The van der Waals surface area contributed by atoms with Crippen LogP contribution in [0.25, 0.3) is 22.2 Å². The summed E-state index contributed by atoms with van der Waals surface area (Å²) in [5.41, 5.74) is 5.34. The normalized spacial score (nSPS) is 19.1. The maximum absolute atomic E-state index is 11.7. The third-order valence-corrected chi connectivity index (χ3v) is 5.50. The van der Waals surface area contributed by atoms with E-state index in [4.69, 9.17) is 9.97 Å². The Morgan fingerprint density at radius 1 is 1.16 bits per heavy atom. The molecule has 5 heteroatoms. The number of benzene rings is 1. The van der Waals surface area contributed by atoms with Crippen molar-refractivity contribution >= 4 is 16.9 Å². The minimum atomic E-state index is -0.0762. The first-order valence-corrected chi connectivity index (χ1v) is 8.99. The molecule has 25 heavy (non-hydrogen) atoms. The van der Waals surface area contributed by atoms with Gasteiger partial charge in [-0.1, -0.05) is 12.1 Å². The number of hydrogen-bond acceptors (Lipinski definition) is 4. The van der Waals surface area contributed by atoms with Gasteiger partial charge in [-0.15, -0.1) is 0 Å². The Morgan fingerprint density at radius 2 is 2.04 bits per heavy atom. The van der Waals surface area contributed by atoms with E-state index in [1.807, 2.05) is 12.1 Å². The Labute approximate surface area is 145 Å². The fraction of sp³-hybridized carbons (Fsp3) is 0.350. The van der Waals surface area contributed by atoms with E-state index in [-0.39, 0.29) is 5.56 Å². The fourth-order valence-corrected chi connectivity index (χ4v) is 3.90. The van der Waals surface area contributed by atoms with Crippen molar-refractivity contribution in [2.75, 3.05) is 11.4 Å². The molecule has 5 nitrogen and oxygen atoms in total. The average Bonchev–Trinajstić information content (AvgIpc) is 3.07. The van der Waals surface area contributed by atoms with Gasteiger partial charge in [-0.2, -0.15) is 0 Å². The monoisotopic (exact) mass is 332 g/mol. The van der Waals surface area contributed by atoms with Gasteiger partial charge in [0, 0.05) is 41.0 Å².